The Hall–Kier alpha value is -1.62. The molecule has 1 aromatic heterocycles. The molecule has 5 nitrogen and oxygen atoms in total. The molecular weight excluding hydrogens is 218 g/mol. The Labute approximate surface area is 100 Å². The smallest absolute Gasteiger partial charge is 0.226 e. The predicted octanol–water partition coefficient (Wildman–Crippen LogP) is 1.24. The van der Waals surface area contributed by atoms with Crippen molar-refractivity contribution in [3.05, 3.63) is 18.3 Å². The van der Waals surface area contributed by atoms with Crippen LogP contribution in [-0.4, -0.2) is 22.5 Å². The molecule has 4 N–H and O–H groups in total. The zero-order valence-corrected chi connectivity index (χ0v) is 9.65. The summed E-state index contributed by atoms with van der Waals surface area (Å²) in [6, 6.07) is 3.10. The molecule has 1 saturated carbocycles. The van der Waals surface area contributed by atoms with Gasteiger partial charge in [0.15, 0.2) is 11.6 Å². The van der Waals surface area contributed by atoms with Crippen LogP contribution in [0.25, 0.3) is 0 Å². The number of aromatic nitrogens is 1. The lowest BCUT2D eigenvalue weighted by molar-refractivity contribution is -0.119. The van der Waals surface area contributed by atoms with Gasteiger partial charge in [-0.3, -0.25) is 4.79 Å². The zero-order chi connectivity index (χ0) is 12.3. The summed E-state index contributed by atoms with van der Waals surface area (Å²) in [5.41, 5.74) is 5.66. The number of carbonyl (C=O) groups excluding carboxylic acids is 1. The third-order valence-corrected chi connectivity index (χ3v) is 3.43. The van der Waals surface area contributed by atoms with Crippen molar-refractivity contribution in [2.45, 2.75) is 25.7 Å². The Morgan fingerprint density at radius 3 is 2.88 bits per heavy atom. The van der Waals surface area contributed by atoms with Gasteiger partial charge in [0.1, 0.15) is 0 Å². The number of rotatable bonds is 4. The number of carbonyl (C=O) groups is 1. The van der Waals surface area contributed by atoms with E-state index in [1.165, 1.54) is 12.3 Å². The number of nitrogens with zero attached hydrogens (tertiary/aromatic N) is 1. The van der Waals surface area contributed by atoms with E-state index in [2.05, 4.69) is 10.3 Å². The minimum absolute atomic E-state index is 0.0174. The maximum absolute atomic E-state index is 11.8. The number of pyridine rings is 1. The summed E-state index contributed by atoms with van der Waals surface area (Å²) < 4.78 is 0. The molecule has 0 unspecified atom stereocenters. The highest BCUT2D eigenvalue weighted by molar-refractivity contribution is 5.91. The Morgan fingerprint density at radius 2 is 2.35 bits per heavy atom. The minimum Gasteiger partial charge on any atom is -0.504 e. The van der Waals surface area contributed by atoms with Crippen molar-refractivity contribution in [2.75, 3.05) is 11.9 Å². The highest BCUT2D eigenvalue weighted by Crippen LogP contribution is 2.43. The highest BCUT2D eigenvalue weighted by atomic mass is 16.3. The number of amides is 1. The molecule has 1 aliphatic rings. The number of nitrogens with two attached hydrogens (primary N) is 1. The Bertz CT molecular complexity index is 410. The van der Waals surface area contributed by atoms with Crippen molar-refractivity contribution < 1.29 is 9.90 Å². The van der Waals surface area contributed by atoms with Crippen LogP contribution in [-0.2, 0) is 4.79 Å². The van der Waals surface area contributed by atoms with E-state index in [1.807, 2.05) is 0 Å². The van der Waals surface area contributed by atoms with Gasteiger partial charge in [-0.05, 0) is 36.9 Å². The predicted molar refractivity (Wildman–Crippen MR) is 64.5 cm³/mol. The SMILES string of the molecule is NCC1(CC(=O)Nc2ncccc2O)CCC1. The van der Waals surface area contributed by atoms with Crippen molar-refractivity contribution in [3.63, 3.8) is 0 Å². The average Bonchev–Trinajstić information content (AvgIpc) is 2.27. The molecule has 2 rings (SSSR count). The first kappa shape index (κ1) is 11.9. The maximum atomic E-state index is 11.8. The van der Waals surface area contributed by atoms with Gasteiger partial charge in [0.05, 0.1) is 0 Å². The summed E-state index contributed by atoms with van der Waals surface area (Å²) in [6.45, 7) is 0.536. The molecule has 1 amide bonds. The van der Waals surface area contributed by atoms with Crippen LogP contribution in [0.2, 0.25) is 0 Å². The van der Waals surface area contributed by atoms with Crippen molar-refractivity contribution in [1.82, 2.24) is 4.98 Å². The van der Waals surface area contributed by atoms with Gasteiger partial charge in [0, 0.05) is 12.6 Å². The first-order valence-corrected chi connectivity index (χ1v) is 5.79. The molecule has 0 radical (unpaired) electrons. The van der Waals surface area contributed by atoms with Crippen molar-refractivity contribution in [2.24, 2.45) is 11.1 Å². The van der Waals surface area contributed by atoms with Crippen LogP contribution in [0.1, 0.15) is 25.7 Å². The van der Waals surface area contributed by atoms with Crippen LogP contribution >= 0.6 is 0 Å². The second kappa shape index (κ2) is 4.71. The molecule has 1 fully saturated rings. The van der Waals surface area contributed by atoms with E-state index in [9.17, 15) is 9.90 Å². The second-order valence-corrected chi connectivity index (χ2v) is 4.65. The summed E-state index contributed by atoms with van der Waals surface area (Å²) in [5.74, 6) is 0.0596. The molecular formula is C12H17N3O2. The van der Waals surface area contributed by atoms with Gasteiger partial charge in [0.25, 0.3) is 0 Å². The van der Waals surface area contributed by atoms with Gasteiger partial charge in [-0.25, -0.2) is 4.98 Å². The van der Waals surface area contributed by atoms with Crippen LogP contribution < -0.4 is 11.1 Å². The van der Waals surface area contributed by atoms with Crippen molar-refractivity contribution in [1.29, 1.82) is 0 Å². The number of nitrogens with one attached hydrogen (secondary N) is 1. The fraction of sp³-hybridized carbons (Fsp3) is 0.500. The van der Waals surface area contributed by atoms with E-state index in [0.29, 0.717) is 13.0 Å². The first-order valence-electron chi connectivity index (χ1n) is 5.79. The molecule has 0 aromatic carbocycles. The average molecular weight is 235 g/mol. The van der Waals surface area contributed by atoms with Crippen LogP contribution in [0.3, 0.4) is 0 Å². The summed E-state index contributed by atoms with van der Waals surface area (Å²) >= 11 is 0. The van der Waals surface area contributed by atoms with E-state index in [4.69, 9.17) is 5.73 Å². The molecule has 92 valence electrons. The summed E-state index contributed by atoms with van der Waals surface area (Å²) in [5, 5.41) is 12.1. The van der Waals surface area contributed by atoms with E-state index >= 15 is 0 Å². The third kappa shape index (κ3) is 2.55. The fourth-order valence-electron chi connectivity index (χ4n) is 2.14. The van der Waals surface area contributed by atoms with Gasteiger partial charge in [-0.1, -0.05) is 6.42 Å². The highest BCUT2D eigenvalue weighted by Gasteiger charge is 2.37. The molecule has 0 bridgehead atoms. The number of hydrogen-bond acceptors (Lipinski definition) is 4. The number of aromatic hydroxyl groups is 1. The number of anilines is 1. The molecule has 0 atom stereocenters. The lowest BCUT2D eigenvalue weighted by atomic mass is 9.66. The minimum atomic E-state index is -0.135. The largest absolute Gasteiger partial charge is 0.504 e. The first-order chi connectivity index (χ1) is 8.15. The molecule has 1 aromatic rings. The van der Waals surface area contributed by atoms with E-state index in [-0.39, 0.29) is 22.9 Å². The molecule has 17 heavy (non-hydrogen) atoms. The maximum Gasteiger partial charge on any atom is 0.226 e. The standard InChI is InChI=1S/C12H17N3O2/c13-8-12(4-2-5-12)7-10(17)15-11-9(16)3-1-6-14-11/h1,3,6,16H,2,4-5,7-8,13H2,(H,14,15,17). The van der Waals surface area contributed by atoms with Crippen LogP contribution in [0.4, 0.5) is 5.82 Å². The Kier molecular flexibility index (Phi) is 3.28. The second-order valence-electron chi connectivity index (χ2n) is 4.65. The lowest BCUT2D eigenvalue weighted by Crippen LogP contribution is -2.40. The zero-order valence-electron chi connectivity index (χ0n) is 9.65. The molecule has 5 heteroatoms. The molecule has 1 aliphatic carbocycles. The fourth-order valence-corrected chi connectivity index (χ4v) is 2.14. The van der Waals surface area contributed by atoms with E-state index in [1.54, 1.807) is 6.07 Å². The Morgan fingerprint density at radius 1 is 1.59 bits per heavy atom. The quantitative estimate of drug-likeness (QED) is 0.732. The normalized spacial score (nSPS) is 17.2. The molecule has 0 aliphatic heterocycles. The monoisotopic (exact) mass is 235 g/mol. The van der Waals surface area contributed by atoms with Gasteiger partial charge < -0.3 is 16.2 Å². The topological polar surface area (TPSA) is 88.2 Å². The van der Waals surface area contributed by atoms with Crippen molar-refractivity contribution >= 4 is 11.7 Å². The van der Waals surface area contributed by atoms with E-state index in [0.717, 1.165) is 19.3 Å². The van der Waals surface area contributed by atoms with Crippen LogP contribution in [0.15, 0.2) is 18.3 Å². The van der Waals surface area contributed by atoms with Crippen LogP contribution in [0.5, 0.6) is 5.75 Å². The van der Waals surface area contributed by atoms with Gasteiger partial charge >= 0.3 is 0 Å². The summed E-state index contributed by atoms with van der Waals surface area (Å²) in [6.07, 6.45) is 5.08. The van der Waals surface area contributed by atoms with Crippen molar-refractivity contribution in [3.8, 4) is 5.75 Å². The number of hydrogen-bond donors (Lipinski definition) is 3. The summed E-state index contributed by atoms with van der Waals surface area (Å²) in [7, 11) is 0. The third-order valence-electron chi connectivity index (χ3n) is 3.43. The van der Waals surface area contributed by atoms with Gasteiger partial charge in [-0.15, -0.1) is 0 Å². The van der Waals surface area contributed by atoms with Gasteiger partial charge in [-0.2, -0.15) is 0 Å². The Balaban J connectivity index is 1.96. The lowest BCUT2D eigenvalue weighted by Gasteiger charge is -2.40. The van der Waals surface area contributed by atoms with Crippen LogP contribution in [0, 0.1) is 5.41 Å². The summed E-state index contributed by atoms with van der Waals surface area (Å²) in [4.78, 5) is 15.7. The molecule has 0 spiro atoms. The van der Waals surface area contributed by atoms with E-state index < -0.39 is 0 Å². The molecule has 0 saturated heterocycles. The molecule has 1 heterocycles. The van der Waals surface area contributed by atoms with Gasteiger partial charge in [0.2, 0.25) is 5.91 Å².